The van der Waals surface area contributed by atoms with Gasteiger partial charge in [0.2, 0.25) is 0 Å². The van der Waals surface area contributed by atoms with Crippen molar-refractivity contribution in [2.24, 2.45) is 5.92 Å². The third kappa shape index (κ3) is 2.10. The Hall–Kier alpha value is -0.120. The molecule has 2 heterocycles. The second-order valence-electron chi connectivity index (χ2n) is 4.73. The topological polar surface area (TPSA) is 27.7 Å². The van der Waals surface area contributed by atoms with E-state index in [1.165, 1.54) is 12.8 Å². The highest BCUT2D eigenvalue weighted by Crippen LogP contribution is 2.39. The molecule has 2 rings (SSSR count). The molecule has 1 unspecified atom stereocenters. The summed E-state index contributed by atoms with van der Waals surface area (Å²) >= 11 is 0. The van der Waals surface area contributed by atoms with Crippen LogP contribution in [0.3, 0.4) is 0 Å². The highest BCUT2D eigenvalue weighted by molar-refractivity contribution is 4.84. The first-order valence-corrected chi connectivity index (χ1v) is 5.69. The van der Waals surface area contributed by atoms with Gasteiger partial charge in [-0.2, -0.15) is 0 Å². The van der Waals surface area contributed by atoms with E-state index in [0.717, 1.165) is 25.9 Å². The average Bonchev–Trinajstić information content (AvgIpc) is 2.61. The zero-order valence-corrected chi connectivity index (χ0v) is 9.12. The SMILES string of the molecule is CCCCC1(C)C[C@@H]2CCO[C@@H]2OO1. The first-order chi connectivity index (χ1) is 6.73. The van der Waals surface area contributed by atoms with Crippen molar-refractivity contribution in [1.29, 1.82) is 0 Å². The summed E-state index contributed by atoms with van der Waals surface area (Å²) in [6.07, 6.45) is 5.62. The lowest BCUT2D eigenvalue weighted by Crippen LogP contribution is -2.41. The van der Waals surface area contributed by atoms with E-state index in [0.29, 0.717) is 5.92 Å². The van der Waals surface area contributed by atoms with E-state index in [4.69, 9.17) is 14.5 Å². The summed E-state index contributed by atoms with van der Waals surface area (Å²) in [5.74, 6) is 0.547. The van der Waals surface area contributed by atoms with Gasteiger partial charge in [0.05, 0.1) is 6.61 Å². The van der Waals surface area contributed by atoms with Gasteiger partial charge < -0.3 is 4.74 Å². The molecule has 2 saturated heterocycles. The number of ether oxygens (including phenoxy) is 1. The van der Waals surface area contributed by atoms with Crippen LogP contribution < -0.4 is 0 Å². The fourth-order valence-corrected chi connectivity index (χ4v) is 2.36. The molecule has 0 saturated carbocycles. The van der Waals surface area contributed by atoms with Gasteiger partial charge in [-0.25, -0.2) is 9.78 Å². The average molecular weight is 200 g/mol. The van der Waals surface area contributed by atoms with E-state index in [9.17, 15) is 0 Å². The lowest BCUT2D eigenvalue weighted by molar-refractivity contribution is -0.449. The molecule has 2 aliphatic rings. The van der Waals surface area contributed by atoms with Crippen LogP contribution in [0.5, 0.6) is 0 Å². The lowest BCUT2D eigenvalue weighted by atomic mass is 9.86. The molecule has 0 N–H and O–H groups in total. The zero-order chi connectivity index (χ0) is 10.0. The van der Waals surface area contributed by atoms with E-state index in [2.05, 4.69) is 13.8 Å². The van der Waals surface area contributed by atoms with Gasteiger partial charge in [0.15, 0.2) is 6.29 Å². The molecule has 0 aliphatic carbocycles. The number of hydrogen-bond donors (Lipinski definition) is 0. The fraction of sp³-hybridized carbons (Fsp3) is 1.00. The summed E-state index contributed by atoms with van der Waals surface area (Å²) in [4.78, 5) is 10.7. The highest BCUT2D eigenvalue weighted by Gasteiger charge is 2.43. The lowest BCUT2D eigenvalue weighted by Gasteiger charge is -2.37. The molecule has 82 valence electrons. The minimum Gasteiger partial charge on any atom is -0.349 e. The monoisotopic (exact) mass is 200 g/mol. The van der Waals surface area contributed by atoms with E-state index in [1.54, 1.807) is 0 Å². The van der Waals surface area contributed by atoms with Crippen LogP contribution in [0.2, 0.25) is 0 Å². The second-order valence-corrected chi connectivity index (χ2v) is 4.73. The van der Waals surface area contributed by atoms with E-state index < -0.39 is 0 Å². The number of hydrogen-bond acceptors (Lipinski definition) is 3. The van der Waals surface area contributed by atoms with Gasteiger partial charge in [-0.05, 0) is 26.2 Å². The van der Waals surface area contributed by atoms with Crippen molar-refractivity contribution < 1.29 is 14.5 Å². The second kappa shape index (κ2) is 4.17. The van der Waals surface area contributed by atoms with Gasteiger partial charge in [-0.15, -0.1) is 0 Å². The van der Waals surface area contributed by atoms with Crippen LogP contribution in [-0.2, 0) is 14.5 Å². The van der Waals surface area contributed by atoms with Crippen LogP contribution in [-0.4, -0.2) is 18.5 Å². The van der Waals surface area contributed by atoms with Gasteiger partial charge in [-0.1, -0.05) is 19.8 Å². The standard InChI is InChI=1S/C11H20O3/c1-3-4-6-11(2)8-9-5-7-12-10(9)13-14-11/h9-10H,3-8H2,1-2H3/t9-,10+,11?/m0/s1. The third-order valence-electron chi connectivity index (χ3n) is 3.25. The first kappa shape index (κ1) is 10.4. The molecule has 3 nitrogen and oxygen atoms in total. The molecule has 3 heteroatoms. The first-order valence-electron chi connectivity index (χ1n) is 5.69. The number of fused-ring (bicyclic) bond motifs is 1. The van der Waals surface area contributed by atoms with Gasteiger partial charge in [-0.3, -0.25) is 0 Å². The number of unbranched alkanes of at least 4 members (excludes halogenated alkanes) is 1. The van der Waals surface area contributed by atoms with Crippen molar-refractivity contribution in [2.75, 3.05) is 6.61 Å². The van der Waals surface area contributed by atoms with Crippen molar-refractivity contribution in [3.8, 4) is 0 Å². The molecule has 0 bridgehead atoms. The zero-order valence-electron chi connectivity index (χ0n) is 9.12. The predicted molar refractivity (Wildman–Crippen MR) is 52.6 cm³/mol. The Kier molecular flexibility index (Phi) is 3.10. The Morgan fingerprint density at radius 3 is 3.07 bits per heavy atom. The van der Waals surface area contributed by atoms with Crippen LogP contribution in [0.1, 0.15) is 46.0 Å². The van der Waals surface area contributed by atoms with Gasteiger partial charge in [0.25, 0.3) is 0 Å². The van der Waals surface area contributed by atoms with E-state index in [1.807, 2.05) is 0 Å². The smallest absolute Gasteiger partial charge is 0.194 e. The molecule has 3 atom stereocenters. The molecular formula is C11H20O3. The largest absolute Gasteiger partial charge is 0.349 e. The van der Waals surface area contributed by atoms with Crippen molar-refractivity contribution >= 4 is 0 Å². The van der Waals surface area contributed by atoms with Gasteiger partial charge in [0, 0.05) is 5.92 Å². The van der Waals surface area contributed by atoms with E-state index >= 15 is 0 Å². The van der Waals surface area contributed by atoms with Crippen molar-refractivity contribution in [3.05, 3.63) is 0 Å². The summed E-state index contributed by atoms with van der Waals surface area (Å²) in [5, 5.41) is 0. The predicted octanol–water partition coefficient (Wildman–Crippen LogP) is 2.65. The van der Waals surface area contributed by atoms with Crippen molar-refractivity contribution in [2.45, 2.75) is 57.8 Å². The van der Waals surface area contributed by atoms with Crippen molar-refractivity contribution in [3.63, 3.8) is 0 Å². The van der Waals surface area contributed by atoms with Crippen LogP contribution in [0.15, 0.2) is 0 Å². The molecule has 0 aromatic heterocycles. The van der Waals surface area contributed by atoms with Crippen molar-refractivity contribution in [1.82, 2.24) is 0 Å². The summed E-state index contributed by atoms with van der Waals surface area (Å²) in [5.41, 5.74) is -0.0785. The third-order valence-corrected chi connectivity index (χ3v) is 3.25. The van der Waals surface area contributed by atoms with Crippen LogP contribution in [0, 0.1) is 5.92 Å². The molecular weight excluding hydrogens is 180 g/mol. The summed E-state index contributed by atoms with van der Waals surface area (Å²) < 4.78 is 5.41. The molecule has 0 amide bonds. The van der Waals surface area contributed by atoms with E-state index in [-0.39, 0.29) is 11.9 Å². The van der Waals surface area contributed by atoms with Crippen LogP contribution in [0.25, 0.3) is 0 Å². The Balaban J connectivity index is 1.89. The highest BCUT2D eigenvalue weighted by atomic mass is 17.2. The molecule has 2 aliphatic heterocycles. The quantitative estimate of drug-likeness (QED) is 0.655. The normalized spacial score (nSPS) is 42.4. The molecule has 2 fully saturated rings. The maximum Gasteiger partial charge on any atom is 0.194 e. The Morgan fingerprint density at radius 1 is 1.43 bits per heavy atom. The summed E-state index contributed by atoms with van der Waals surface area (Å²) in [6, 6.07) is 0. The van der Waals surface area contributed by atoms with Crippen LogP contribution in [0.4, 0.5) is 0 Å². The minimum atomic E-state index is -0.0929. The molecule has 0 spiro atoms. The number of rotatable bonds is 3. The van der Waals surface area contributed by atoms with Crippen LogP contribution >= 0.6 is 0 Å². The van der Waals surface area contributed by atoms with Gasteiger partial charge in [0.1, 0.15) is 5.60 Å². The summed E-state index contributed by atoms with van der Waals surface area (Å²) in [6.45, 7) is 5.17. The fourth-order valence-electron chi connectivity index (χ4n) is 2.36. The van der Waals surface area contributed by atoms with Gasteiger partial charge >= 0.3 is 0 Å². The maximum atomic E-state index is 5.46. The molecule has 0 aromatic carbocycles. The minimum absolute atomic E-state index is 0.0785. The summed E-state index contributed by atoms with van der Waals surface area (Å²) in [7, 11) is 0. The molecule has 14 heavy (non-hydrogen) atoms. The molecule has 0 radical (unpaired) electrons. The molecule has 0 aromatic rings. The maximum absolute atomic E-state index is 5.46. The Labute approximate surface area is 85.6 Å². The Bertz CT molecular complexity index is 195. The Morgan fingerprint density at radius 2 is 2.29 bits per heavy atom.